The molecule has 0 aliphatic carbocycles. The van der Waals surface area contributed by atoms with Crippen LogP contribution in [0.3, 0.4) is 0 Å². The van der Waals surface area contributed by atoms with Crippen LogP contribution in [0.25, 0.3) is 11.1 Å². The number of benzene rings is 1. The number of carbonyl (C=O) groups excluding carboxylic acids is 1. The lowest BCUT2D eigenvalue weighted by Crippen LogP contribution is -2.38. The number of carboxylic acid groups (broad SMARTS) is 2. The molecule has 32 heavy (non-hydrogen) atoms. The van der Waals surface area contributed by atoms with Crippen molar-refractivity contribution in [3.8, 4) is 16.9 Å². The second-order valence-electron chi connectivity index (χ2n) is 8.20. The number of hydrogen-bond donors (Lipinski definition) is 2. The zero-order valence-electron chi connectivity index (χ0n) is 17.4. The van der Waals surface area contributed by atoms with E-state index < -0.39 is 11.9 Å². The van der Waals surface area contributed by atoms with Gasteiger partial charge >= 0.3 is 11.9 Å². The zero-order valence-corrected chi connectivity index (χ0v) is 17.4. The van der Waals surface area contributed by atoms with E-state index in [1.807, 2.05) is 17.2 Å². The number of ether oxygens (including phenoxy) is 2. The molecule has 2 aromatic rings. The van der Waals surface area contributed by atoms with Crippen molar-refractivity contribution in [1.82, 2.24) is 9.88 Å². The standard InChI is InChI=1S/C21H22N2O3.C2H2O4/c24-20(17-5-9-25-12-17)23-8-6-21(13-23)14-26-19-4-3-15(10-18(19)21)16-2-1-7-22-11-16;3-1(4)2(5)6/h1-4,7,10-11,17H,5-6,8-9,12-14H2;(H,3,4)(H,5,6). The largest absolute Gasteiger partial charge is 0.492 e. The molecule has 168 valence electrons. The number of amides is 1. The summed E-state index contributed by atoms with van der Waals surface area (Å²) in [5, 5.41) is 14.8. The maximum Gasteiger partial charge on any atom is 0.414 e. The Balaban J connectivity index is 0.000000363. The van der Waals surface area contributed by atoms with E-state index in [0.717, 1.165) is 42.8 Å². The van der Waals surface area contributed by atoms with E-state index in [9.17, 15) is 4.79 Å². The Morgan fingerprint density at radius 1 is 1.12 bits per heavy atom. The third-order valence-corrected chi connectivity index (χ3v) is 6.18. The summed E-state index contributed by atoms with van der Waals surface area (Å²) in [5.41, 5.74) is 3.40. The molecule has 0 saturated carbocycles. The van der Waals surface area contributed by atoms with E-state index in [4.69, 9.17) is 29.3 Å². The van der Waals surface area contributed by atoms with Gasteiger partial charge in [0.1, 0.15) is 5.75 Å². The predicted octanol–water partition coefficient (Wildman–Crippen LogP) is 1.80. The molecular weight excluding hydrogens is 416 g/mol. The van der Waals surface area contributed by atoms with Gasteiger partial charge in [-0.15, -0.1) is 0 Å². The minimum absolute atomic E-state index is 0.0358. The van der Waals surface area contributed by atoms with Crippen LogP contribution in [-0.4, -0.2) is 70.9 Å². The molecule has 3 aliphatic heterocycles. The van der Waals surface area contributed by atoms with Crippen LogP contribution in [0.15, 0.2) is 42.7 Å². The van der Waals surface area contributed by atoms with Crippen molar-refractivity contribution >= 4 is 17.8 Å². The van der Waals surface area contributed by atoms with Gasteiger partial charge in [0.15, 0.2) is 0 Å². The van der Waals surface area contributed by atoms with Crippen molar-refractivity contribution in [2.75, 3.05) is 32.9 Å². The summed E-state index contributed by atoms with van der Waals surface area (Å²) in [6, 6.07) is 10.4. The van der Waals surface area contributed by atoms with Crippen LogP contribution < -0.4 is 4.74 Å². The van der Waals surface area contributed by atoms with Crippen LogP contribution in [0, 0.1) is 5.92 Å². The van der Waals surface area contributed by atoms with Crippen molar-refractivity contribution in [3.05, 3.63) is 48.3 Å². The first-order chi connectivity index (χ1) is 15.4. The van der Waals surface area contributed by atoms with Gasteiger partial charge in [-0.2, -0.15) is 0 Å². The summed E-state index contributed by atoms with van der Waals surface area (Å²) in [6.07, 6.45) is 5.47. The fourth-order valence-electron chi connectivity index (χ4n) is 4.46. The lowest BCUT2D eigenvalue weighted by Gasteiger charge is -2.24. The molecule has 2 N–H and O–H groups in total. The lowest BCUT2D eigenvalue weighted by molar-refractivity contribution is -0.159. The molecule has 9 nitrogen and oxygen atoms in total. The smallest absolute Gasteiger partial charge is 0.414 e. The van der Waals surface area contributed by atoms with E-state index in [1.54, 1.807) is 6.20 Å². The minimum atomic E-state index is -1.82. The highest BCUT2D eigenvalue weighted by Gasteiger charge is 2.48. The molecule has 0 bridgehead atoms. The Bertz CT molecular complexity index is 1010. The van der Waals surface area contributed by atoms with Gasteiger partial charge in [0.2, 0.25) is 5.91 Å². The van der Waals surface area contributed by atoms with Crippen LogP contribution in [0.5, 0.6) is 5.75 Å². The van der Waals surface area contributed by atoms with Crippen molar-refractivity contribution in [2.24, 2.45) is 5.92 Å². The average molecular weight is 440 g/mol. The number of fused-ring (bicyclic) bond motifs is 2. The van der Waals surface area contributed by atoms with Gasteiger partial charge in [-0.25, -0.2) is 9.59 Å². The van der Waals surface area contributed by atoms with Crippen molar-refractivity contribution in [1.29, 1.82) is 0 Å². The van der Waals surface area contributed by atoms with Gasteiger partial charge in [0.25, 0.3) is 0 Å². The number of rotatable bonds is 2. The number of aromatic nitrogens is 1. The molecule has 1 aromatic heterocycles. The summed E-state index contributed by atoms with van der Waals surface area (Å²) in [5.74, 6) is -2.41. The number of carbonyl (C=O) groups is 3. The molecule has 2 fully saturated rings. The van der Waals surface area contributed by atoms with Crippen LogP contribution in [0.1, 0.15) is 18.4 Å². The molecule has 1 amide bonds. The number of likely N-dealkylation sites (tertiary alicyclic amines) is 1. The van der Waals surface area contributed by atoms with E-state index in [2.05, 4.69) is 29.2 Å². The van der Waals surface area contributed by atoms with E-state index in [1.165, 1.54) is 5.56 Å². The van der Waals surface area contributed by atoms with Gasteiger partial charge in [-0.1, -0.05) is 12.1 Å². The van der Waals surface area contributed by atoms with Gasteiger partial charge in [0.05, 0.1) is 24.5 Å². The summed E-state index contributed by atoms with van der Waals surface area (Å²) in [4.78, 5) is 37.2. The number of carboxylic acids is 2. The monoisotopic (exact) mass is 440 g/mol. The molecule has 5 rings (SSSR count). The second kappa shape index (κ2) is 8.96. The third-order valence-electron chi connectivity index (χ3n) is 6.18. The van der Waals surface area contributed by atoms with Crippen molar-refractivity contribution in [2.45, 2.75) is 18.3 Å². The van der Waals surface area contributed by atoms with Gasteiger partial charge in [-0.05, 0) is 36.6 Å². The summed E-state index contributed by atoms with van der Waals surface area (Å²) < 4.78 is 11.4. The summed E-state index contributed by atoms with van der Waals surface area (Å²) >= 11 is 0. The van der Waals surface area contributed by atoms with Crippen molar-refractivity contribution in [3.63, 3.8) is 0 Å². The Labute approximate surface area is 184 Å². The average Bonchev–Trinajstić information content (AvgIpc) is 3.56. The summed E-state index contributed by atoms with van der Waals surface area (Å²) in [6.45, 7) is 3.47. The van der Waals surface area contributed by atoms with E-state index in [0.29, 0.717) is 19.8 Å². The fourth-order valence-corrected chi connectivity index (χ4v) is 4.46. The maximum absolute atomic E-state index is 12.8. The van der Waals surface area contributed by atoms with E-state index in [-0.39, 0.29) is 17.2 Å². The molecule has 1 spiro atoms. The highest BCUT2D eigenvalue weighted by atomic mass is 16.5. The Morgan fingerprint density at radius 2 is 1.94 bits per heavy atom. The molecule has 2 atom stereocenters. The predicted molar refractivity (Wildman–Crippen MR) is 112 cm³/mol. The zero-order chi connectivity index (χ0) is 22.7. The molecule has 4 heterocycles. The first-order valence-corrected chi connectivity index (χ1v) is 10.4. The fraction of sp³-hybridized carbons (Fsp3) is 0.391. The third kappa shape index (κ3) is 4.29. The van der Waals surface area contributed by atoms with Gasteiger partial charge in [0, 0.05) is 43.2 Å². The van der Waals surface area contributed by atoms with Gasteiger partial charge < -0.3 is 24.6 Å². The summed E-state index contributed by atoms with van der Waals surface area (Å²) in [7, 11) is 0. The molecule has 9 heteroatoms. The van der Waals surface area contributed by atoms with Crippen LogP contribution >= 0.6 is 0 Å². The maximum atomic E-state index is 12.8. The molecule has 2 unspecified atom stereocenters. The molecule has 0 radical (unpaired) electrons. The number of pyridine rings is 1. The van der Waals surface area contributed by atoms with Crippen LogP contribution in [0.2, 0.25) is 0 Å². The Hall–Kier alpha value is -3.46. The molecule has 2 saturated heterocycles. The SMILES string of the molecule is O=C(C1CCOC1)N1CCC2(COc3ccc(-c4cccnc4)cc32)C1.O=C(O)C(=O)O. The highest BCUT2D eigenvalue weighted by molar-refractivity contribution is 6.27. The lowest BCUT2D eigenvalue weighted by atomic mass is 9.80. The first kappa shape index (κ1) is 21.8. The number of hydrogen-bond acceptors (Lipinski definition) is 6. The Kier molecular flexibility index (Phi) is 6.09. The minimum Gasteiger partial charge on any atom is -0.492 e. The highest BCUT2D eigenvalue weighted by Crippen LogP contribution is 2.46. The number of aliphatic carboxylic acids is 2. The van der Waals surface area contributed by atoms with E-state index >= 15 is 0 Å². The Morgan fingerprint density at radius 3 is 2.59 bits per heavy atom. The topological polar surface area (TPSA) is 126 Å². The van der Waals surface area contributed by atoms with Gasteiger partial charge in [-0.3, -0.25) is 9.78 Å². The normalized spacial score (nSPS) is 23.2. The van der Waals surface area contributed by atoms with Crippen LogP contribution in [0.4, 0.5) is 0 Å². The van der Waals surface area contributed by atoms with Crippen molar-refractivity contribution < 1.29 is 34.1 Å². The quantitative estimate of drug-likeness (QED) is 0.677. The second-order valence-corrected chi connectivity index (χ2v) is 8.20. The molecular formula is C23H24N2O7. The van der Waals surface area contributed by atoms with Crippen LogP contribution in [-0.2, 0) is 24.5 Å². The molecule has 3 aliphatic rings. The molecule has 1 aromatic carbocycles. The first-order valence-electron chi connectivity index (χ1n) is 10.4. The number of nitrogens with zero attached hydrogens (tertiary/aromatic N) is 2.